The van der Waals surface area contributed by atoms with E-state index < -0.39 is 0 Å². The molecule has 1 fully saturated rings. The molecule has 1 N–H and O–H groups in total. The molecule has 132 valence electrons. The fraction of sp³-hybridized carbons (Fsp3) is 0.421. The zero-order valence-corrected chi connectivity index (χ0v) is 14.8. The molecule has 2 heterocycles. The molecule has 1 aliphatic rings. The summed E-state index contributed by atoms with van der Waals surface area (Å²) in [5.41, 5.74) is 2.32. The first-order chi connectivity index (χ1) is 12.2. The monoisotopic (exact) mass is 340 g/mol. The number of carbonyl (C=O) groups is 1. The van der Waals surface area contributed by atoms with Crippen molar-refractivity contribution in [2.24, 2.45) is 0 Å². The Morgan fingerprint density at radius 2 is 2.04 bits per heavy atom. The molecule has 6 heteroatoms. The molecule has 1 amide bonds. The molecule has 0 spiro atoms. The van der Waals surface area contributed by atoms with Crippen molar-refractivity contribution in [3.05, 3.63) is 47.3 Å². The van der Waals surface area contributed by atoms with Crippen LogP contribution >= 0.6 is 0 Å². The van der Waals surface area contributed by atoms with Crippen molar-refractivity contribution < 1.29 is 9.53 Å². The molecule has 1 aliphatic heterocycles. The first-order valence-corrected chi connectivity index (χ1v) is 8.67. The van der Waals surface area contributed by atoms with Gasteiger partial charge in [-0.1, -0.05) is 18.2 Å². The minimum absolute atomic E-state index is 0.139. The third kappa shape index (κ3) is 4.07. The lowest BCUT2D eigenvalue weighted by molar-refractivity contribution is 0.0952. The Labute approximate surface area is 148 Å². The molecule has 0 aliphatic carbocycles. The van der Waals surface area contributed by atoms with Gasteiger partial charge < -0.3 is 15.0 Å². The Morgan fingerprint density at radius 3 is 2.76 bits per heavy atom. The van der Waals surface area contributed by atoms with E-state index >= 15 is 0 Å². The van der Waals surface area contributed by atoms with Gasteiger partial charge in [0.1, 0.15) is 5.75 Å². The van der Waals surface area contributed by atoms with Gasteiger partial charge in [0.15, 0.2) is 0 Å². The Kier molecular flexibility index (Phi) is 5.48. The van der Waals surface area contributed by atoms with Gasteiger partial charge in [0.05, 0.1) is 18.4 Å². The summed E-state index contributed by atoms with van der Waals surface area (Å²) in [5.74, 6) is 1.42. The number of aromatic nitrogens is 2. The highest BCUT2D eigenvalue weighted by Gasteiger charge is 2.17. The quantitative estimate of drug-likeness (QED) is 0.874. The van der Waals surface area contributed by atoms with E-state index in [0.29, 0.717) is 24.2 Å². The molecule has 0 saturated carbocycles. The van der Waals surface area contributed by atoms with Crippen LogP contribution in [0.15, 0.2) is 30.5 Å². The van der Waals surface area contributed by atoms with Crippen molar-refractivity contribution in [2.75, 3.05) is 31.6 Å². The molecule has 25 heavy (non-hydrogen) atoms. The second-order valence-electron chi connectivity index (χ2n) is 6.18. The highest BCUT2D eigenvalue weighted by molar-refractivity contribution is 5.95. The highest BCUT2D eigenvalue weighted by Crippen LogP contribution is 2.18. The van der Waals surface area contributed by atoms with E-state index in [4.69, 9.17) is 4.74 Å². The Morgan fingerprint density at radius 1 is 1.28 bits per heavy atom. The second kappa shape index (κ2) is 7.96. The predicted molar refractivity (Wildman–Crippen MR) is 97.2 cm³/mol. The summed E-state index contributed by atoms with van der Waals surface area (Å²) in [6.07, 6.45) is 4.69. The molecule has 0 atom stereocenters. The minimum Gasteiger partial charge on any atom is -0.496 e. The Balaban J connectivity index is 1.59. The van der Waals surface area contributed by atoms with Gasteiger partial charge in [-0.05, 0) is 37.8 Å². The van der Waals surface area contributed by atoms with Gasteiger partial charge in [0, 0.05) is 25.8 Å². The number of hydrogen-bond donors (Lipinski definition) is 1. The zero-order chi connectivity index (χ0) is 17.6. The van der Waals surface area contributed by atoms with Crippen molar-refractivity contribution in [1.29, 1.82) is 0 Å². The summed E-state index contributed by atoms with van der Waals surface area (Å²) in [4.78, 5) is 23.4. The van der Waals surface area contributed by atoms with Gasteiger partial charge >= 0.3 is 0 Å². The molecule has 0 bridgehead atoms. The third-order valence-electron chi connectivity index (χ3n) is 4.47. The lowest BCUT2D eigenvalue weighted by Crippen LogP contribution is -2.28. The fourth-order valence-corrected chi connectivity index (χ4v) is 3.06. The van der Waals surface area contributed by atoms with E-state index in [0.717, 1.165) is 30.4 Å². The topological polar surface area (TPSA) is 67.3 Å². The summed E-state index contributed by atoms with van der Waals surface area (Å²) in [6, 6.07) is 7.83. The van der Waals surface area contributed by atoms with Gasteiger partial charge in [-0.2, -0.15) is 0 Å². The highest BCUT2D eigenvalue weighted by atomic mass is 16.5. The molecule has 1 saturated heterocycles. The van der Waals surface area contributed by atoms with Crippen LogP contribution in [0.2, 0.25) is 0 Å². The van der Waals surface area contributed by atoms with Crippen LogP contribution in [-0.2, 0) is 6.42 Å². The maximum Gasteiger partial charge on any atom is 0.254 e. The van der Waals surface area contributed by atoms with E-state index in [1.807, 2.05) is 31.2 Å². The number of benzene rings is 1. The van der Waals surface area contributed by atoms with Gasteiger partial charge in [-0.15, -0.1) is 0 Å². The summed E-state index contributed by atoms with van der Waals surface area (Å²) < 4.78 is 5.33. The maximum atomic E-state index is 12.4. The van der Waals surface area contributed by atoms with Crippen molar-refractivity contribution in [3.8, 4) is 5.75 Å². The Bertz CT molecular complexity index is 742. The van der Waals surface area contributed by atoms with Crippen molar-refractivity contribution in [2.45, 2.75) is 26.2 Å². The van der Waals surface area contributed by atoms with Gasteiger partial charge in [0.25, 0.3) is 5.91 Å². The smallest absolute Gasteiger partial charge is 0.254 e. The number of anilines is 1. The summed E-state index contributed by atoms with van der Waals surface area (Å²) in [7, 11) is 1.65. The number of methoxy groups -OCH3 is 1. The fourth-order valence-electron chi connectivity index (χ4n) is 3.06. The normalized spacial score (nSPS) is 13.8. The van der Waals surface area contributed by atoms with Gasteiger partial charge in [-0.25, -0.2) is 9.97 Å². The molecular weight excluding hydrogens is 316 g/mol. The standard InChI is InChI=1S/C19H24N4O2/c1-14-16(13-21-19(22-14)23-11-5-6-12-23)18(24)20-10-9-15-7-3-4-8-17(15)25-2/h3-4,7-8,13H,5-6,9-12H2,1-2H3,(H,20,24). The minimum atomic E-state index is -0.139. The van der Waals surface area contributed by atoms with E-state index in [1.54, 1.807) is 13.3 Å². The van der Waals surface area contributed by atoms with Gasteiger partial charge in [-0.3, -0.25) is 4.79 Å². The summed E-state index contributed by atoms with van der Waals surface area (Å²) in [5, 5.41) is 2.94. The number of nitrogens with one attached hydrogen (secondary N) is 1. The molecule has 2 aromatic rings. The average Bonchev–Trinajstić information content (AvgIpc) is 3.16. The third-order valence-corrected chi connectivity index (χ3v) is 4.47. The zero-order valence-electron chi connectivity index (χ0n) is 14.8. The van der Waals surface area contributed by atoms with Crippen LogP contribution in [0, 0.1) is 6.92 Å². The predicted octanol–water partition coefficient (Wildman–Crippen LogP) is 2.37. The number of ether oxygens (including phenoxy) is 1. The molecule has 6 nitrogen and oxygen atoms in total. The van der Waals surface area contributed by atoms with Crippen molar-refractivity contribution >= 4 is 11.9 Å². The molecule has 0 radical (unpaired) electrons. The average molecular weight is 340 g/mol. The van der Waals surface area contributed by atoms with E-state index in [1.165, 1.54) is 12.8 Å². The summed E-state index contributed by atoms with van der Waals surface area (Å²) >= 11 is 0. The molecule has 3 rings (SSSR count). The number of rotatable bonds is 6. The number of aryl methyl sites for hydroxylation is 1. The van der Waals surface area contributed by atoms with Crippen molar-refractivity contribution in [3.63, 3.8) is 0 Å². The molecule has 1 aromatic heterocycles. The number of hydrogen-bond acceptors (Lipinski definition) is 5. The van der Waals surface area contributed by atoms with Gasteiger partial charge in [0.2, 0.25) is 5.95 Å². The maximum absolute atomic E-state index is 12.4. The Hall–Kier alpha value is -2.63. The van der Waals surface area contributed by atoms with E-state index in [2.05, 4.69) is 20.2 Å². The van der Waals surface area contributed by atoms with Crippen LogP contribution in [-0.4, -0.2) is 42.6 Å². The lowest BCUT2D eigenvalue weighted by atomic mass is 10.1. The molecule has 1 aromatic carbocycles. The van der Waals surface area contributed by atoms with Crippen LogP contribution in [0.4, 0.5) is 5.95 Å². The summed E-state index contributed by atoms with van der Waals surface area (Å²) in [6.45, 7) is 4.37. The molecule has 0 unspecified atom stereocenters. The van der Waals surface area contributed by atoms with Crippen LogP contribution < -0.4 is 15.0 Å². The van der Waals surface area contributed by atoms with E-state index in [-0.39, 0.29) is 5.91 Å². The number of nitrogens with zero attached hydrogens (tertiary/aromatic N) is 3. The van der Waals surface area contributed by atoms with Crippen LogP contribution in [0.1, 0.15) is 34.5 Å². The first kappa shape index (κ1) is 17.2. The van der Waals surface area contributed by atoms with Crippen LogP contribution in [0.25, 0.3) is 0 Å². The lowest BCUT2D eigenvalue weighted by Gasteiger charge is -2.16. The number of amides is 1. The van der Waals surface area contributed by atoms with Crippen LogP contribution in [0.5, 0.6) is 5.75 Å². The van der Waals surface area contributed by atoms with Crippen LogP contribution in [0.3, 0.4) is 0 Å². The number of para-hydroxylation sites is 1. The number of carbonyl (C=O) groups excluding carboxylic acids is 1. The largest absolute Gasteiger partial charge is 0.496 e. The van der Waals surface area contributed by atoms with Crippen molar-refractivity contribution in [1.82, 2.24) is 15.3 Å². The van der Waals surface area contributed by atoms with E-state index in [9.17, 15) is 4.79 Å². The SMILES string of the molecule is COc1ccccc1CCNC(=O)c1cnc(N2CCCC2)nc1C. The molecular formula is C19H24N4O2. The first-order valence-electron chi connectivity index (χ1n) is 8.67. The second-order valence-corrected chi connectivity index (χ2v) is 6.18.